The minimum atomic E-state index is -0.117. The van der Waals surface area contributed by atoms with Crippen LogP contribution in [0, 0.1) is 12.8 Å². The van der Waals surface area contributed by atoms with Crippen molar-refractivity contribution in [1.82, 2.24) is 14.6 Å². The molecule has 2 aliphatic rings. The fourth-order valence-electron chi connectivity index (χ4n) is 4.03. The summed E-state index contributed by atoms with van der Waals surface area (Å²) >= 11 is 0. The summed E-state index contributed by atoms with van der Waals surface area (Å²) in [5.74, 6) is 2.08. The van der Waals surface area contributed by atoms with Crippen LogP contribution in [0.4, 0.5) is 11.6 Å². The molecule has 8 heteroatoms. The molecule has 0 spiro atoms. The number of hydrogen-bond donors (Lipinski definition) is 1. The molecule has 0 bridgehead atoms. The molecule has 1 amide bonds. The maximum atomic E-state index is 12.9. The Balaban J connectivity index is 1.32. The number of fused-ring (bicyclic) bond motifs is 2. The smallest absolute Gasteiger partial charge is 0.231 e. The summed E-state index contributed by atoms with van der Waals surface area (Å²) in [7, 11) is 0. The first kappa shape index (κ1) is 17.8. The predicted octanol–water partition coefficient (Wildman–Crippen LogP) is 2.66. The van der Waals surface area contributed by atoms with Crippen molar-refractivity contribution >= 4 is 23.2 Å². The van der Waals surface area contributed by atoms with Crippen molar-refractivity contribution in [1.29, 1.82) is 0 Å². The number of amides is 1. The molecule has 8 nitrogen and oxygen atoms in total. The van der Waals surface area contributed by atoms with E-state index < -0.39 is 0 Å². The van der Waals surface area contributed by atoms with Gasteiger partial charge in [0.1, 0.15) is 13.2 Å². The second-order valence-corrected chi connectivity index (χ2v) is 7.49. The zero-order valence-electron chi connectivity index (χ0n) is 16.3. The van der Waals surface area contributed by atoms with Crippen LogP contribution in [0.1, 0.15) is 18.5 Å². The molecule has 2 aromatic heterocycles. The molecule has 0 saturated carbocycles. The normalized spacial score (nSPS) is 18.7. The number of aryl methyl sites for hydroxylation is 1. The van der Waals surface area contributed by atoms with Gasteiger partial charge in [0.25, 0.3) is 0 Å². The number of nitrogens with one attached hydrogen (secondary N) is 1. The minimum absolute atomic E-state index is 0.0110. The third-order valence-corrected chi connectivity index (χ3v) is 5.49. The largest absolute Gasteiger partial charge is 0.486 e. The van der Waals surface area contributed by atoms with Gasteiger partial charge in [0.15, 0.2) is 17.1 Å². The average Bonchev–Trinajstić information content (AvgIpc) is 3.19. The fourth-order valence-corrected chi connectivity index (χ4v) is 4.03. The molecular formula is C21H23N5O3. The lowest BCUT2D eigenvalue weighted by Crippen LogP contribution is -2.41. The van der Waals surface area contributed by atoms with Crippen molar-refractivity contribution in [2.45, 2.75) is 19.8 Å². The summed E-state index contributed by atoms with van der Waals surface area (Å²) in [5.41, 5.74) is 2.62. The van der Waals surface area contributed by atoms with E-state index >= 15 is 0 Å². The van der Waals surface area contributed by atoms with E-state index in [-0.39, 0.29) is 11.8 Å². The number of ether oxygens (including phenoxy) is 2. The zero-order chi connectivity index (χ0) is 19.8. The third-order valence-electron chi connectivity index (χ3n) is 5.49. The second kappa shape index (κ2) is 7.27. The number of piperidine rings is 1. The molecule has 2 aliphatic heterocycles. The van der Waals surface area contributed by atoms with Crippen LogP contribution in [0.15, 0.2) is 36.4 Å². The van der Waals surface area contributed by atoms with Crippen LogP contribution in [-0.2, 0) is 4.79 Å². The Hall–Kier alpha value is -3.29. The van der Waals surface area contributed by atoms with E-state index in [9.17, 15) is 4.79 Å². The third kappa shape index (κ3) is 3.35. The van der Waals surface area contributed by atoms with Gasteiger partial charge in [0, 0.05) is 30.5 Å². The number of benzene rings is 1. The van der Waals surface area contributed by atoms with Crippen LogP contribution < -0.4 is 19.7 Å². The standard InChI is InChI=1S/C21H23N5O3/c1-14-4-2-6-19-23-24-21(26(14)19)25-9-3-5-15(13-25)20(27)22-16-7-8-17-18(12-16)29-11-10-28-17/h2,4,6-8,12,15H,3,5,9-11,13H2,1H3,(H,22,27). The highest BCUT2D eigenvalue weighted by Gasteiger charge is 2.28. The van der Waals surface area contributed by atoms with E-state index in [4.69, 9.17) is 9.47 Å². The Bertz CT molecular complexity index is 1060. The maximum absolute atomic E-state index is 12.9. The Labute approximate surface area is 168 Å². The average molecular weight is 393 g/mol. The fraction of sp³-hybridized carbons (Fsp3) is 0.381. The van der Waals surface area contributed by atoms with E-state index in [1.165, 1.54) is 0 Å². The minimum Gasteiger partial charge on any atom is -0.486 e. The van der Waals surface area contributed by atoms with Gasteiger partial charge in [-0.2, -0.15) is 0 Å². The lowest BCUT2D eigenvalue weighted by Gasteiger charge is -2.32. The highest BCUT2D eigenvalue weighted by molar-refractivity contribution is 5.93. The number of anilines is 2. The first-order chi connectivity index (χ1) is 14.2. The molecule has 150 valence electrons. The predicted molar refractivity (Wildman–Crippen MR) is 109 cm³/mol. The van der Waals surface area contributed by atoms with Crippen molar-refractivity contribution in [2.75, 3.05) is 36.5 Å². The number of rotatable bonds is 3. The van der Waals surface area contributed by atoms with E-state index in [1.807, 2.05) is 47.7 Å². The van der Waals surface area contributed by atoms with Gasteiger partial charge >= 0.3 is 0 Å². The van der Waals surface area contributed by atoms with Gasteiger partial charge in [-0.25, -0.2) is 0 Å². The van der Waals surface area contributed by atoms with Crippen LogP contribution in [0.5, 0.6) is 11.5 Å². The molecule has 0 radical (unpaired) electrons. The summed E-state index contributed by atoms with van der Waals surface area (Å²) in [4.78, 5) is 15.1. The van der Waals surface area contributed by atoms with Gasteiger partial charge < -0.3 is 19.7 Å². The Kier molecular flexibility index (Phi) is 4.46. The summed E-state index contributed by atoms with van der Waals surface area (Å²) in [6, 6.07) is 11.5. The summed E-state index contributed by atoms with van der Waals surface area (Å²) in [6.45, 7) is 4.59. The molecule has 3 aromatic rings. The Morgan fingerprint density at radius 1 is 1.14 bits per heavy atom. The topological polar surface area (TPSA) is 81.0 Å². The van der Waals surface area contributed by atoms with Crippen molar-refractivity contribution in [3.63, 3.8) is 0 Å². The Morgan fingerprint density at radius 3 is 2.90 bits per heavy atom. The van der Waals surface area contributed by atoms with Crippen molar-refractivity contribution < 1.29 is 14.3 Å². The van der Waals surface area contributed by atoms with Crippen LogP contribution >= 0.6 is 0 Å². The maximum Gasteiger partial charge on any atom is 0.231 e. The van der Waals surface area contributed by atoms with Crippen molar-refractivity contribution in [3.05, 3.63) is 42.1 Å². The van der Waals surface area contributed by atoms with Crippen LogP contribution in [-0.4, -0.2) is 46.8 Å². The molecule has 1 fully saturated rings. The van der Waals surface area contributed by atoms with Crippen LogP contribution in [0.3, 0.4) is 0 Å². The van der Waals surface area contributed by atoms with Crippen molar-refractivity contribution in [3.8, 4) is 11.5 Å². The van der Waals surface area contributed by atoms with Gasteiger partial charge in [-0.1, -0.05) is 6.07 Å². The lowest BCUT2D eigenvalue weighted by atomic mass is 9.97. The molecule has 1 N–H and O–H groups in total. The van der Waals surface area contributed by atoms with Gasteiger partial charge in [0.2, 0.25) is 11.9 Å². The summed E-state index contributed by atoms with van der Waals surface area (Å²) in [5, 5.41) is 11.7. The number of pyridine rings is 1. The second-order valence-electron chi connectivity index (χ2n) is 7.49. The lowest BCUT2D eigenvalue weighted by molar-refractivity contribution is -0.120. The summed E-state index contributed by atoms with van der Waals surface area (Å²) < 4.78 is 13.2. The summed E-state index contributed by atoms with van der Waals surface area (Å²) in [6.07, 6.45) is 1.78. The number of carbonyl (C=O) groups is 1. The molecule has 29 heavy (non-hydrogen) atoms. The van der Waals surface area contributed by atoms with E-state index in [0.717, 1.165) is 42.4 Å². The molecule has 1 aromatic carbocycles. The molecule has 1 atom stereocenters. The van der Waals surface area contributed by atoms with Crippen LogP contribution in [0.2, 0.25) is 0 Å². The van der Waals surface area contributed by atoms with E-state index in [0.29, 0.717) is 31.3 Å². The number of hydrogen-bond acceptors (Lipinski definition) is 6. The van der Waals surface area contributed by atoms with Gasteiger partial charge in [-0.05, 0) is 44.0 Å². The molecule has 0 aliphatic carbocycles. The first-order valence-electron chi connectivity index (χ1n) is 9.95. The zero-order valence-corrected chi connectivity index (χ0v) is 16.3. The molecule has 1 saturated heterocycles. The SMILES string of the molecule is Cc1cccc2nnc(N3CCCC(C(=O)Nc4ccc5c(c4)OCCO5)C3)n12. The van der Waals surface area contributed by atoms with E-state index in [2.05, 4.69) is 20.4 Å². The van der Waals surface area contributed by atoms with Gasteiger partial charge in [0.05, 0.1) is 5.92 Å². The Morgan fingerprint density at radius 2 is 2.00 bits per heavy atom. The molecular weight excluding hydrogens is 370 g/mol. The van der Waals surface area contributed by atoms with Crippen LogP contribution in [0.25, 0.3) is 5.65 Å². The quantitative estimate of drug-likeness (QED) is 0.737. The monoisotopic (exact) mass is 393 g/mol. The highest BCUT2D eigenvalue weighted by atomic mass is 16.6. The highest BCUT2D eigenvalue weighted by Crippen LogP contribution is 2.33. The number of carbonyl (C=O) groups excluding carboxylic acids is 1. The molecule has 4 heterocycles. The van der Waals surface area contributed by atoms with E-state index in [1.54, 1.807) is 0 Å². The molecule has 1 unspecified atom stereocenters. The number of nitrogens with zero attached hydrogens (tertiary/aromatic N) is 4. The number of aromatic nitrogens is 3. The van der Waals surface area contributed by atoms with Crippen molar-refractivity contribution in [2.24, 2.45) is 5.92 Å². The molecule has 5 rings (SSSR count). The van der Waals surface area contributed by atoms with Gasteiger partial charge in [-0.15, -0.1) is 10.2 Å². The van der Waals surface area contributed by atoms with Gasteiger partial charge in [-0.3, -0.25) is 9.20 Å². The first-order valence-corrected chi connectivity index (χ1v) is 9.95.